The molecule has 0 radical (unpaired) electrons. The van der Waals surface area contributed by atoms with Crippen LogP contribution in [0, 0.1) is 11.3 Å². The first kappa shape index (κ1) is 19.7. The Morgan fingerprint density at radius 3 is 2.86 bits per heavy atom. The summed E-state index contributed by atoms with van der Waals surface area (Å²) in [5.41, 5.74) is 2.24. The molecule has 0 saturated carbocycles. The van der Waals surface area contributed by atoms with E-state index < -0.39 is 6.09 Å². The maximum absolute atomic E-state index is 12.6. The van der Waals surface area contributed by atoms with E-state index in [1.54, 1.807) is 7.11 Å². The maximum atomic E-state index is 12.6. The molecule has 8 heteroatoms. The lowest BCUT2D eigenvalue weighted by molar-refractivity contribution is -0.116. The van der Waals surface area contributed by atoms with Crippen molar-refractivity contribution in [3.05, 3.63) is 45.8 Å². The molecule has 2 amide bonds. The van der Waals surface area contributed by atoms with Crippen molar-refractivity contribution in [1.29, 1.82) is 5.26 Å². The summed E-state index contributed by atoms with van der Waals surface area (Å²) in [5.74, 6) is 0.489. The lowest BCUT2D eigenvalue weighted by atomic mass is 9.96. The number of hydrogen-bond acceptors (Lipinski definition) is 5. The van der Waals surface area contributed by atoms with E-state index in [2.05, 4.69) is 11.4 Å². The molecule has 2 aromatic rings. The molecule has 0 aliphatic carbocycles. The number of carboxylic acid groups (broad SMARTS) is 1. The van der Waals surface area contributed by atoms with Crippen LogP contribution in [0.15, 0.2) is 24.3 Å². The van der Waals surface area contributed by atoms with Gasteiger partial charge in [-0.15, -0.1) is 11.3 Å². The van der Waals surface area contributed by atoms with Crippen LogP contribution in [-0.4, -0.2) is 35.7 Å². The number of hydrogen-bond donors (Lipinski definition) is 2. The average Bonchev–Trinajstić information content (AvgIpc) is 3.03. The summed E-state index contributed by atoms with van der Waals surface area (Å²) in [6.07, 6.45) is -0.252. The topological polar surface area (TPSA) is 103 Å². The molecule has 0 fully saturated rings. The summed E-state index contributed by atoms with van der Waals surface area (Å²) >= 11 is 1.28. The number of methoxy groups -OCH3 is 1. The molecule has 1 aromatic carbocycles. The number of thiophene rings is 1. The Bertz CT molecular complexity index is 947. The number of nitrogens with one attached hydrogen (secondary N) is 1. The Morgan fingerprint density at radius 1 is 1.43 bits per heavy atom. The quantitative estimate of drug-likeness (QED) is 0.796. The van der Waals surface area contributed by atoms with Gasteiger partial charge in [0.25, 0.3) is 0 Å². The van der Waals surface area contributed by atoms with Crippen molar-refractivity contribution >= 4 is 28.3 Å². The lowest BCUT2D eigenvalue weighted by Crippen LogP contribution is -2.34. The summed E-state index contributed by atoms with van der Waals surface area (Å²) in [7, 11) is 1.60. The number of fused-ring (bicyclic) bond motifs is 1. The van der Waals surface area contributed by atoms with Crippen molar-refractivity contribution in [2.75, 3.05) is 19.0 Å². The van der Waals surface area contributed by atoms with Crippen molar-refractivity contribution < 1.29 is 19.4 Å². The van der Waals surface area contributed by atoms with Gasteiger partial charge in [0.1, 0.15) is 16.8 Å². The Morgan fingerprint density at radius 2 is 2.18 bits per heavy atom. The van der Waals surface area contributed by atoms with Crippen LogP contribution in [0.5, 0.6) is 5.75 Å². The number of rotatable bonds is 5. The molecule has 1 aliphatic heterocycles. The van der Waals surface area contributed by atoms with Crippen LogP contribution in [0.2, 0.25) is 0 Å². The van der Waals surface area contributed by atoms with Crippen molar-refractivity contribution in [3.63, 3.8) is 0 Å². The minimum atomic E-state index is -0.978. The molecule has 0 saturated heterocycles. The van der Waals surface area contributed by atoms with Gasteiger partial charge in [-0.25, -0.2) is 4.79 Å². The summed E-state index contributed by atoms with van der Waals surface area (Å²) in [6.45, 7) is 2.55. The van der Waals surface area contributed by atoms with Crippen molar-refractivity contribution in [2.45, 2.75) is 32.2 Å². The van der Waals surface area contributed by atoms with Crippen LogP contribution in [0.4, 0.5) is 9.80 Å². The number of amides is 2. The molecule has 0 unspecified atom stereocenters. The third-order valence-corrected chi connectivity index (χ3v) is 5.99. The number of benzene rings is 1. The zero-order valence-corrected chi connectivity index (χ0v) is 16.5. The van der Waals surface area contributed by atoms with Crippen molar-refractivity contribution in [2.24, 2.45) is 0 Å². The second kappa shape index (κ2) is 8.31. The average molecular weight is 399 g/mol. The van der Waals surface area contributed by atoms with Crippen LogP contribution in [0.1, 0.15) is 40.8 Å². The molecule has 2 heterocycles. The SMILES string of the molecule is COc1ccccc1[C@@H](C)CC(=O)Nc1sc2c(c1C#N)CCN(C(=O)O)C2. The molecule has 7 nitrogen and oxygen atoms in total. The first-order valence-corrected chi connectivity index (χ1v) is 9.71. The number of carbonyl (C=O) groups is 2. The standard InChI is InChI=1S/C20H21N3O4S/c1-12(13-5-3-4-6-16(13)27-2)9-18(24)22-19-15(10-21)14-7-8-23(20(25)26)11-17(14)28-19/h3-6,12H,7-9,11H2,1-2H3,(H,22,24)(H,25,26)/t12-/m0/s1. The Hall–Kier alpha value is -3.05. The first-order valence-electron chi connectivity index (χ1n) is 8.89. The predicted octanol–water partition coefficient (Wildman–Crippen LogP) is 3.80. The normalized spacial score (nSPS) is 14.0. The number of para-hydroxylation sites is 1. The van der Waals surface area contributed by atoms with E-state index in [4.69, 9.17) is 4.74 Å². The third kappa shape index (κ3) is 3.94. The molecule has 0 bridgehead atoms. The van der Waals surface area contributed by atoms with Gasteiger partial charge in [0, 0.05) is 17.8 Å². The minimum absolute atomic E-state index is 0.0567. The summed E-state index contributed by atoms with van der Waals surface area (Å²) in [4.78, 5) is 25.9. The van der Waals surface area contributed by atoms with Gasteiger partial charge in [-0.3, -0.25) is 4.79 Å². The maximum Gasteiger partial charge on any atom is 0.407 e. The van der Waals surface area contributed by atoms with Crippen molar-refractivity contribution in [1.82, 2.24) is 4.90 Å². The highest BCUT2D eigenvalue weighted by Gasteiger charge is 2.27. The zero-order valence-electron chi connectivity index (χ0n) is 15.7. The molecule has 0 spiro atoms. The van der Waals surface area contributed by atoms with E-state index in [0.29, 0.717) is 23.5 Å². The first-order chi connectivity index (χ1) is 13.4. The van der Waals surface area contributed by atoms with Gasteiger partial charge in [-0.2, -0.15) is 5.26 Å². The minimum Gasteiger partial charge on any atom is -0.496 e. The molecule has 1 aliphatic rings. The smallest absolute Gasteiger partial charge is 0.407 e. The number of carbonyl (C=O) groups excluding carboxylic acids is 1. The number of nitriles is 1. The van der Waals surface area contributed by atoms with Gasteiger partial charge in [0.2, 0.25) is 5.91 Å². The second-order valence-corrected chi connectivity index (χ2v) is 7.77. The van der Waals surface area contributed by atoms with Crippen LogP contribution >= 0.6 is 11.3 Å². The molecule has 2 N–H and O–H groups in total. The molecule has 3 rings (SSSR count). The van der Waals surface area contributed by atoms with E-state index in [1.807, 2.05) is 31.2 Å². The molecular formula is C20H21N3O4S. The molecule has 1 aromatic heterocycles. The largest absolute Gasteiger partial charge is 0.496 e. The summed E-state index contributed by atoms with van der Waals surface area (Å²) in [6, 6.07) is 9.74. The van der Waals surface area contributed by atoms with Gasteiger partial charge in [-0.1, -0.05) is 25.1 Å². The Balaban J connectivity index is 1.74. The number of anilines is 1. The van der Waals surface area contributed by atoms with Crippen LogP contribution in [0.3, 0.4) is 0 Å². The monoisotopic (exact) mass is 399 g/mol. The van der Waals surface area contributed by atoms with Crippen LogP contribution in [-0.2, 0) is 17.8 Å². The fraction of sp³-hybridized carbons (Fsp3) is 0.350. The van der Waals surface area contributed by atoms with Gasteiger partial charge in [0.05, 0.1) is 19.2 Å². The fourth-order valence-electron chi connectivity index (χ4n) is 3.41. The number of nitrogens with zero attached hydrogens (tertiary/aromatic N) is 2. The molecule has 146 valence electrons. The summed E-state index contributed by atoms with van der Waals surface area (Å²) < 4.78 is 5.36. The van der Waals surface area contributed by atoms with Gasteiger partial charge in [-0.05, 0) is 29.5 Å². The molecule has 28 heavy (non-hydrogen) atoms. The highest BCUT2D eigenvalue weighted by Crippen LogP contribution is 2.37. The van der Waals surface area contributed by atoms with E-state index in [1.165, 1.54) is 16.2 Å². The van der Waals surface area contributed by atoms with Gasteiger partial charge < -0.3 is 20.1 Å². The fourth-order valence-corrected chi connectivity index (χ4v) is 4.64. The second-order valence-electron chi connectivity index (χ2n) is 6.67. The lowest BCUT2D eigenvalue weighted by Gasteiger charge is -2.23. The van der Waals surface area contributed by atoms with E-state index in [-0.39, 0.29) is 24.8 Å². The highest BCUT2D eigenvalue weighted by atomic mass is 32.1. The highest BCUT2D eigenvalue weighted by molar-refractivity contribution is 7.16. The van der Waals surface area contributed by atoms with Crippen LogP contribution < -0.4 is 10.1 Å². The van der Waals surface area contributed by atoms with Gasteiger partial charge >= 0.3 is 6.09 Å². The Kier molecular flexibility index (Phi) is 5.85. The summed E-state index contributed by atoms with van der Waals surface area (Å²) in [5, 5.41) is 22.1. The van der Waals surface area contributed by atoms with E-state index in [0.717, 1.165) is 21.8 Å². The zero-order chi connectivity index (χ0) is 20.3. The Labute approximate surface area is 167 Å². The van der Waals surface area contributed by atoms with E-state index >= 15 is 0 Å². The molecule has 1 atom stereocenters. The van der Waals surface area contributed by atoms with E-state index in [9.17, 15) is 20.0 Å². The van der Waals surface area contributed by atoms with Crippen LogP contribution in [0.25, 0.3) is 0 Å². The number of ether oxygens (including phenoxy) is 1. The predicted molar refractivity (Wildman–Crippen MR) is 106 cm³/mol. The third-order valence-electron chi connectivity index (χ3n) is 4.85. The van der Waals surface area contributed by atoms with Crippen molar-refractivity contribution in [3.8, 4) is 11.8 Å². The van der Waals surface area contributed by atoms with Gasteiger partial charge in [0.15, 0.2) is 0 Å². The molecular weight excluding hydrogens is 378 g/mol.